The van der Waals surface area contributed by atoms with Crippen LogP contribution in [0.2, 0.25) is 0 Å². The molecule has 2 aromatic rings. The maximum Gasteiger partial charge on any atom is 0.191 e. The molecule has 3 heterocycles. The van der Waals surface area contributed by atoms with Crippen LogP contribution in [-0.2, 0) is 0 Å². The van der Waals surface area contributed by atoms with Gasteiger partial charge in [0.05, 0.1) is 12.6 Å². The van der Waals surface area contributed by atoms with Crippen molar-refractivity contribution < 1.29 is 8.81 Å². The number of anilines is 1. The molecule has 0 aliphatic carbocycles. The number of aliphatic imine (C=N–C) groups is 1. The standard InChI is InChI=1S/C22H30FN5O/c1-17-4-9-21(29-17)20(27-10-2-3-11-27)16-25-22(24)28-14-12-26(13-15-28)19-7-5-18(23)6-8-19/h4-9,20H,2-3,10-16H2,1H3,(H2,24,25). The number of halogens is 1. The number of nitrogens with two attached hydrogens (primary N) is 1. The van der Waals surface area contributed by atoms with Gasteiger partial charge in [-0.3, -0.25) is 9.89 Å². The number of likely N-dealkylation sites (tertiary alicyclic amines) is 1. The summed E-state index contributed by atoms with van der Waals surface area (Å²) < 4.78 is 19.0. The first-order valence-electron chi connectivity index (χ1n) is 10.5. The summed E-state index contributed by atoms with van der Waals surface area (Å²) in [7, 11) is 0. The van der Waals surface area contributed by atoms with Gasteiger partial charge in [-0.1, -0.05) is 0 Å². The molecule has 29 heavy (non-hydrogen) atoms. The third-order valence-electron chi connectivity index (χ3n) is 5.89. The van der Waals surface area contributed by atoms with Crippen LogP contribution in [0.5, 0.6) is 0 Å². The predicted octanol–water partition coefficient (Wildman–Crippen LogP) is 3.00. The average Bonchev–Trinajstić information content (AvgIpc) is 3.41. The number of hydrogen-bond donors (Lipinski definition) is 1. The van der Waals surface area contributed by atoms with Gasteiger partial charge < -0.3 is 20.0 Å². The minimum absolute atomic E-state index is 0.144. The first-order chi connectivity index (χ1) is 14.1. The van der Waals surface area contributed by atoms with Crippen LogP contribution >= 0.6 is 0 Å². The zero-order valence-electron chi connectivity index (χ0n) is 17.1. The van der Waals surface area contributed by atoms with E-state index in [1.807, 2.05) is 25.1 Å². The van der Waals surface area contributed by atoms with E-state index in [-0.39, 0.29) is 11.9 Å². The minimum atomic E-state index is -0.205. The van der Waals surface area contributed by atoms with Crippen LogP contribution in [0.25, 0.3) is 0 Å². The van der Waals surface area contributed by atoms with E-state index in [9.17, 15) is 4.39 Å². The van der Waals surface area contributed by atoms with E-state index in [1.54, 1.807) is 0 Å². The molecule has 0 radical (unpaired) electrons. The minimum Gasteiger partial charge on any atom is -0.465 e. The lowest BCUT2D eigenvalue weighted by Gasteiger charge is -2.36. The number of furan rings is 1. The van der Waals surface area contributed by atoms with Crippen molar-refractivity contribution in [1.82, 2.24) is 9.80 Å². The highest BCUT2D eigenvalue weighted by Gasteiger charge is 2.26. The smallest absolute Gasteiger partial charge is 0.191 e. The van der Waals surface area contributed by atoms with Gasteiger partial charge in [-0.05, 0) is 69.3 Å². The Labute approximate surface area is 171 Å². The van der Waals surface area contributed by atoms with Crippen molar-refractivity contribution in [3.8, 4) is 0 Å². The molecular weight excluding hydrogens is 369 g/mol. The number of piperazine rings is 1. The van der Waals surface area contributed by atoms with Crippen molar-refractivity contribution in [1.29, 1.82) is 0 Å². The summed E-state index contributed by atoms with van der Waals surface area (Å²) in [5, 5.41) is 0. The zero-order chi connectivity index (χ0) is 20.2. The molecule has 1 unspecified atom stereocenters. The van der Waals surface area contributed by atoms with Crippen LogP contribution in [0.4, 0.5) is 10.1 Å². The lowest BCUT2D eigenvalue weighted by Crippen LogP contribution is -2.51. The number of rotatable bonds is 5. The molecule has 0 spiro atoms. The van der Waals surface area contributed by atoms with Crippen LogP contribution in [0.15, 0.2) is 45.8 Å². The fourth-order valence-corrected chi connectivity index (χ4v) is 4.20. The summed E-state index contributed by atoms with van der Waals surface area (Å²) in [5.41, 5.74) is 7.39. The third-order valence-corrected chi connectivity index (χ3v) is 5.89. The molecule has 2 N–H and O–H groups in total. The molecule has 0 saturated carbocycles. The first kappa shape index (κ1) is 19.8. The van der Waals surface area contributed by atoms with E-state index in [2.05, 4.69) is 20.8 Å². The number of guanidine groups is 1. The van der Waals surface area contributed by atoms with E-state index in [0.29, 0.717) is 12.5 Å². The van der Waals surface area contributed by atoms with E-state index in [0.717, 1.165) is 56.5 Å². The second-order valence-corrected chi connectivity index (χ2v) is 7.86. The van der Waals surface area contributed by atoms with Gasteiger partial charge >= 0.3 is 0 Å². The fourth-order valence-electron chi connectivity index (χ4n) is 4.20. The van der Waals surface area contributed by atoms with Crippen molar-refractivity contribution in [2.24, 2.45) is 10.7 Å². The van der Waals surface area contributed by atoms with Crippen LogP contribution in [0, 0.1) is 12.7 Å². The van der Waals surface area contributed by atoms with E-state index in [4.69, 9.17) is 15.1 Å². The molecule has 1 atom stereocenters. The maximum atomic E-state index is 13.1. The maximum absolute atomic E-state index is 13.1. The Hall–Kier alpha value is -2.54. The number of aryl methyl sites for hydroxylation is 1. The molecule has 0 bridgehead atoms. The second kappa shape index (κ2) is 8.86. The summed E-state index contributed by atoms with van der Waals surface area (Å²) in [6.45, 7) is 8.04. The Morgan fingerprint density at radius 2 is 1.72 bits per heavy atom. The van der Waals surface area contributed by atoms with Gasteiger partial charge in [0.15, 0.2) is 5.96 Å². The molecule has 2 saturated heterocycles. The molecule has 2 aliphatic rings. The molecule has 2 aliphatic heterocycles. The molecule has 2 fully saturated rings. The Bertz CT molecular complexity index is 820. The normalized spacial score (nSPS) is 19.7. The monoisotopic (exact) mass is 399 g/mol. The highest BCUT2D eigenvalue weighted by atomic mass is 19.1. The van der Waals surface area contributed by atoms with Crippen molar-refractivity contribution in [2.75, 3.05) is 50.7 Å². The summed E-state index contributed by atoms with van der Waals surface area (Å²) in [6.07, 6.45) is 2.45. The Kier molecular flexibility index (Phi) is 6.04. The lowest BCUT2D eigenvalue weighted by molar-refractivity contribution is 0.218. The quantitative estimate of drug-likeness (QED) is 0.619. The molecule has 7 heteroatoms. The van der Waals surface area contributed by atoms with Gasteiger partial charge in [0.1, 0.15) is 17.3 Å². The van der Waals surface area contributed by atoms with Gasteiger partial charge in [0.25, 0.3) is 0 Å². The van der Waals surface area contributed by atoms with Crippen molar-refractivity contribution in [3.63, 3.8) is 0 Å². The van der Waals surface area contributed by atoms with Crippen molar-refractivity contribution in [2.45, 2.75) is 25.8 Å². The largest absolute Gasteiger partial charge is 0.465 e. The SMILES string of the molecule is Cc1ccc(C(CN=C(N)N2CCN(c3ccc(F)cc3)CC2)N2CCCC2)o1. The number of benzene rings is 1. The van der Waals surface area contributed by atoms with E-state index in [1.165, 1.54) is 25.0 Å². The van der Waals surface area contributed by atoms with Gasteiger partial charge in [0.2, 0.25) is 0 Å². The predicted molar refractivity (Wildman–Crippen MR) is 114 cm³/mol. The molecule has 156 valence electrons. The van der Waals surface area contributed by atoms with Crippen molar-refractivity contribution in [3.05, 3.63) is 53.7 Å². The molecule has 4 rings (SSSR count). The van der Waals surface area contributed by atoms with Crippen LogP contribution < -0.4 is 10.6 Å². The summed E-state index contributed by atoms with van der Waals surface area (Å²) in [6, 6.07) is 10.9. The first-order valence-corrected chi connectivity index (χ1v) is 10.5. The van der Waals surface area contributed by atoms with Gasteiger partial charge in [0, 0.05) is 31.9 Å². The summed E-state index contributed by atoms with van der Waals surface area (Å²) in [5.74, 6) is 2.29. The second-order valence-electron chi connectivity index (χ2n) is 7.86. The number of nitrogens with zero attached hydrogens (tertiary/aromatic N) is 4. The molecule has 1 aromatic carbocycles. The molecule has 1 aromatic heterocycles. The summed E-state index contributed by atoms with van der Waals surface area (Å²) in [4.78, 5) is 11.6. The molecule has 0 amide bonds. The molecular formula is C22H30FN5O. The third kappa shape index (κ3) is 4.72. The van der Waals surface area contributed by atoms with Crippen LogP contribution in [0.1, 0.15) is 30.4 Å². The highest BCUT2D eigenvalue weighted by molar-refractivity contribution is 5.78. The Balaban J connectivity index is 1.37. The van der Waals surface area contributed by atoms with E-state index >= 15 is 0 Å². The average molecular weight is 400 g/mol. The Morgan fingerprint density at radius 1 is 1.03 bits per heavy atom. The highest BCUT2D eigenvalue weighted by Crippen LogP contribution is 2.27. The summed E-state index contributed by atoms with van der Waals surface area (Å²) >= 11 is 0. The number of hydrogen-bond acceptors (Lipinski definition) is 4. The van der Waals surface area contributed by atoms with Gasteiger partial charge in [-0.15, -0.1) is 0 Å². The van der Waals surface area contributed by atoms with Gasteiger partial charge in [-0.2, -0.15) is 0 Å². The Morgan fingerprint density at radius 3 is 2.34 bits per heavy atom. The van der Waals surface area contributed by atoms with Gasteiger partial charge in [-0.25, -0.2) is 4.39 Å². The lowest BCUT2D eigenvalue weighted by atomic mass is 10.2. The van der Waals surface area contributed by atoms with Crippen LogP contribution in [-0.4, -0.2) is 61.6 Å². The fraction of sp³-hybridized carbons (Fsp3) is 0.500. The molecule has 6 nitrogen and oxygen atoms in total. The van der Waals surface area contributed by atoms with E-state index < -0.39 is 0 Å². The zero-order valence-corrected chi connectivity index (χ0v) is 17.1. The topological polar surface area (TPSA) is 61.2 Å². The van der Waals surface area contributed by atoms with Crippen molar-refractivity contribution >= 4 is 11.6 Å². The van der Waals surface area contributed by atoms with Crippen LogP contribution in [0.3, 0.4) is 0 Å².